The van der Waals surface area contributed by atoms with Crippen LogP contribution in [0.3, 0.4) is 0 Å². The summed E-state index contributed by atoms with van der Waals surface area (Å²) in [7, 11) is 0. The second kappa shape index (κ2) is 27.0. The minimum absolute atomic E-state index is 0.238. The Balaban J connectivity index is 0.000000241. The number of hydrogen-bond acceptors (Lipinski definition) is 8. The van der Waals surface area contributed by atoms with Crippen molar-refractivity contribution < 1.29 is 47.6 Å². The molecule has 2 N–H and O–H groups in total. The Morgan fingerprint density at radius 2 is 1.04 bits per heavy atom. The number of ether oxygens (including phenoxy) is 4. The number of carbonyl (C=O) groups is 4. The van der Waals surface area contributed by atoms with Crippen molar-refractivity contribution in [3.63, 3.8) is 0 Å². The number of rotatable bonds is 19. The van der Waals surface area contributed by atoms with Crippen molar-refractivity contribution in [3.8, 4) is 11.5 Å². The van der Waals surface area contributed by atoms with Crippen LogP contribution in [0.1, 0.15) is 101 Å². The number of imide groups is 1. The quantitative estimate of drug-likeness (QED) is 0.0811. The van der Waals surface area contributed by atoms with Crippen molar-refractivity contribution in [3.05, 3.63) is 203 Å². The first-order chi connectivity index (χ1) is 35.4. The summed E-state index contributed by atoms with van der Waals surface area (Å²) in [6, 6.07) is 50.7. The largest absolute Gasteiger partial charge is 0.489 e. The Labute approximate surface area is 436 Å². The van der Waals surface area contributed by atoms with Gasteiger partial charge in [-0.2, -0.15) is 0 Å². The van der Waals surface area contributed by atoms with E-state index in [4.69, 9.17) is 18.9 Å². The summed E-state index contributed by atoms with van der Waals surface area (Å²) in [5.74, 6) is -0.765. The van der Waals surface area contributed by atoms with Crippen molar-refractivity contribution in [1.82, 2.24) is 10.2 Å². The molecule has 74 heavy (non-hydrogen) atoms. The zero-order chi connectivity index (χ0) is 53.1. The number of nitrogens with zero attached hydrogens (tertiary/aromatic N) is 1. The van der Waals surface area contributed by atoms with Gasteiger partial charge < -0.3 is 29.4 Å². The maximum Gasteiger partial charge on any atom is 0.417 e. The van der Waals surface area contributed by atoms with Gasteiger partial charge in [0.25, 0.3) is 0 Å². The molecule has 0 aliphatic carbocycles. The number of aliphatic carboxylic acids is 1. The first-order valence-electron chi connectivity index (χ1n) is 25.4. The number of carbonyl (C=O) groups excluding carboxylic acids is 3. The van der Waals surface area contributed by atoms with Crippen LogP contribution in [0.15, 0.2) is 164 Å². The van der Waals surface area contributed by atoms with E-state index in [0.29, 0.717) is 64.6 Å². The molecule has 0 bridgehead atoms. The van der Waals surface area contributed by atoms with Crippen molar-refractivity contribution in [2.45, 2.75) is 129 Å². The van der Waals surface area contributed by atoms with Gasteiger partial charge >= 0.3 is 18.2 Å². The van der Waals surface area contributed by atoms with Gasteiger partial charge in [0.1, 0.15) is 41.7 Å². The van der Waals surface area contributed by atoms with E-state index >= 15 is 0 Å². The highest BCUT2D eigenvalue weighted by Gasteiger charge is 2.41. The van der Waals surface area contributed by atoms with Crippen LogP contribution >= 0.6 is 0 Å². The number of alkyl carbamates (subject to hydrolysis) is 1. The number of benzene rings is 6. The average molecular weight is 1010 g/mol. The molecule has 0 radical (unpaired) electrons. The Bertz CT molecular complexity index is 2670. The van der Waals surface area contributed by atoms with E-state index in [1.807, 2.05) is 160 Å². The molecule has 6 aromatic carbocycles. The van der Waals surface area contributed by atoms with Crippen LogP contribution in [0.5, 0.6) is 11.5 Å². The molecule has 0 saturated carbocycles. The second-order valence-corrected chi connectivity index (χ2v) is 20.8. The van der Waals surface area contributed by atoms with E-state index in [2.05, 4.69) is 5.32 Å². The average Bonchev–Trinajstić information content (AvgIpc) is 3.36. The van der Waals surface area contributed by atoms with Crippen LogP contribution in [-0.2, 0) is 58.0 Å². The third-order valence-electron chi connectivity index (χ3n) is 12.3. The van der Waals surface area contributed by atoms with Crippen LogP contribution in [0.25, 0.3) is 0 Å². The molecule has 12 heteroatoms. The lowest BCUT2D eigenvalue weighted by Crippen LogP contribution is -2.53. The van der Waals surface area contributed by atoms with Crippen LogP contribution in [0.4, 0.5) is 14.0 Å². The zero-order valence-corrected chi connectivity index (χ0v) is 43.5. The van der Waals surface area contributed by atoms with Gasteiger partial charge in [0.05, 0.1) is 5.92 Å². The summed E-state index contributed by atoms with van der Waals surface area (Å²) in [6.45, 7) is 11.8. The molecule has 1 fully saturated rings. The highest BCUT2D eigenvalue weighted by atomic mass is 19.1. The summed E-state index contributed by atoms with van der Waals surface area (Å²) in [4.78, 5) is 52.5. The molecule has 0 aromatic heterocycles. The Hall–Kier alpha value is -7.47. The van der Waals surface area contributed by atoms with Gasteiger partial charge in [0, 0.05) is 18.0 Å². The van der Waals surface area contributed by atoms with Crippen molar-refractivity contribution in [1.29, 1.82) is 0 Å². The predicted molar refractivity (Wildman–Crippen MR) is 285 cm³/mol. The lowest BCUT2D eigenvalue weighted by atomic mass is 9.85. The van der Waals surface area contributed by atoms with E-state index in [0.717, 1.165) is 44.9 Å². The van der Waals surface area contributed by atoms with Crippen LogP contribution in [0, 0.1) is 17.7 Å². The van der Waals surface area contributed by atoms with Crippen LogP contribution < -0.4 is 14.8 Å². The molecule has 11 nitrogen and oxygen atoms in total. The Morgan fingerprint density at radius 1 is 0.581 bits per heavy atom. The van der Waals surface area contributed by atoms with Gasteiger partial charge in [0.15, 0.2) is 0 Å². The second-order valence-electron chi connectivity index (χ2n) is 20.8. The zero-order valence-electron chi connectivity index (χ0n) is 43.5. The summed E-state index contributed by atoms with van der Waals surface area (Å²) >= 11 is 0. The topological polar surface area (TPSA) is 141 Å². The molecule has 1 aliphatic heterocycles. The molecule has 4 atom stereocenters. The first-order valence-corrected chi connectivity index (χ1v) is 25.4. The number of nitrogens with one attached hydrogen (secondary N) is 1. The molecular weight excluding hydrogens is 936 g/mol. The van der Waals surface area contributed by atoms with Gasteiger partial charge in [-0.1, -0.05) is 127 Å². The van der Waals surface area contributed by atoms with Gasteiger partial charge in [-0.05, 0) is 163 Å². The van der Waals surface area contributed by atoms with E-state index < -0.39 is 35.3 Å². The minimum atomic E-state index is -0.834. The highest BCUT2D eigenvalue weighted by Crippen LogP contribution is 2.31. The number of piperidine rings is 1. The molecule has 1 heterocycles. The van der Waals surface area contributed by atoms with Crippen LogP contribution in [-0.4, -0.2) is 57.4 Å². The van der Waals surface area contributed by atoms with Gasteiger partial charge in [-0.3, -0.25) is 9.59 Å². The molecule has 1 saturated heterocycles. The molecule has 1 aliphatic rings. The Kier molecular flexibility index (Phi) is 20.4. The normalized spacial score (nSPS) is 15.4. The standard InChI is InChI=1S/C31H34FNO4.C31H37NO5/c1-31(2,3)37-30(35)33-27(16-13-25(29(33)34)19-22-9-14-26(32)15-10-22)20-23-11-17-28(18-12-23)36-21-24-7-5-4-6-8-24;1-31(2,3)37-30(35)32-27(17-16-26(29(33)34)20-23-10-6-4-7-11-23)21-24-14-18-28(19-15-24)36-22-25-12-8-5-9-13-25/h4-12,14-15,17-18,25,27H,13,16,19-21H2,1-3H3;4-15,18-19,26-27H,16-17,20-22H2,1-3H3,(H,32,35)(H,33,34)/t25-,27-;26-,27-/m11/s1. The number of amides is 3. The summed E-state index contributed by atoms with van der Waals surface area (Å²) in [5.41, 5.74) is 4.73. The molecule has 0 unspecified atom stereocenters. The maximum atomic E-state index is 13.5. The fourth-order valence-corrected chi connectivity index (χ4v) is 8.66. The third-order valence-corrected chi connectivity index (χ3v) is 12.3. The molecular formula is C62H71FN2O9. The summed E-state index contributed by atoms with van der Waals surface area (Å²) in [6.07, 6.45) is 3.13. The highest BCUT2D eigenvalue weighted by molar-refractivity contribution is 5.94. The smallest absolute Gasteiger partial charge is 0.417 e. The van der Waals surface area contributed by atoms with Gasteiger partial charge in [-0.25, -0.2) is 18.9 Å². The van der Waals surface area contributed by atoms with E-state index in [1.165, 1.54) is 17.0 Å². The van der Waals surface area contributed by atoms with Crippen LogP contribution in [0.2, 0.25) is 0 Å². The van der Waals surface area contributed by atoms with Crippen molar-refractivity contribution in [2.24, 2.45) is 11.8 Å². The molecule has 3 amide bonds. The summed E-state index contributed by atoms with van der Waals surface area (Å²) in [5, 5.41) is 12.8. The molecule has 0 spiro atoms. The minimum Gasteiger partial charge on any atom is -0.489 e. The first kappa shape index (κ1) is 55.8. The molecule has 390 valence electrons. The van der Waals surface area contributed by atoms with Gasteiger partial charge in [0.2, 0.25) is 5.91 Å². The van der Waals surface area contributed by atoms with E-state index in [1.54, 1.807) is 32.9 Å². The molecule has 6 aromatic rings. The SMILES string of the molecule is CC(C)(C)OC(=O)N1C(=O)[C@@H](Cc2ccc(F)cc2)CC[C@@H]1Cc1ccc(OCc2ccccc2)cc1.CC(C)(C)OC(=O)N[C@H](CC[C@H](Cc1ccccc1)C(=O)O)Cc1ccc(OCc2ccccc2)cc1. The lowest BCUT2D eigenvalue weighted by Gasteiger charge is -2.38. The summed E-state index contributed by atoms with van der Waals surface area (Å²) < 4.78 is 36.2. The number of carboxylic acids is 1. The molecule has 7 rings (SSSR count). The maximum absolute atomic E-state index is 13.5. The fraction of sp³-hybridized carbons (Fsp3) is 0.355. The number of carboxylic acid groups (broad SMARTS) is 1. The van der Waals surface area contributed by atoms with Gasteiger partial charge in [-0.15, -0.1) is 0 Å². The third kappa shape index (κ3) is 19.2. The van der Waals surface area contributed by atoms with E-state index in [-0.39, 0.29) is 29.7 Å². The number of hydrogen-bond donors (Lipinski definition) is 2. The lowest BCUT2D eigenvalue weighted by molar-refractivity contribution is -0.142. The fourth-order valence-electron chi connectivity index (χ4n) is 8.66. The monoisotopic (exact) mass is 1010 g/mol. The number of halogens is 1. The number of likely N-dealkylation sites (tertiary alicyclic amines) is 1. The Morgan fingerprint density at radius 3 is 1.54 bits per heavy atom. The van der Waals surface area contributed by atoms with Crippen molar-refractivity contribution in [2.75, 3.05) is 0 Å². The van der Waals surface area contributed by atoms with Crippen molar-refractivity contribution >= 4 is 24.1 Å². The predicted octanol–water partition coefficient (Wildman–Crippen LogP) is 13.2. The van der Waals surface area contributed by atoms with E-state index in [9.17, 15) is 28.7 Å².